The standard InChI is InChI=1S/C14H18FNO2/c1-10(16-8-7-14(2,18)9-16)13(17)11-3-5-12(15)6-4-11/h3-6,10,18H,7-9H2,1-2H3. The summed E-state index contributed by atoms with van der Waals surface area (Å²) in [6.45, 7) is 4.82. The summed E-state index contributed by atoms with van der Waals surface area (Å²) >= 11 is 0. The first-order chi connectivity index (χ1) is 8.39. The lowest BCUT2D eigenvalue weighted by molar-refractivity contribution is 0.0597. The predicted octanol–water partition coefficient (Wildman–Crippen LogP) is 1.85. The van der Waals surface area contributed by atoms with E-state index in [0.29, 0.717) is 25.1 Å². The van der Waals surface area contributed by atoms with E-state index >= 15 is 0 Å². The number of carbonyl (C=O) groups is 1. The van der Waals surface area contributed by atoms with E-state index in [0.717, 1.165) is 0 Å². The van der Waals surface area contributed by atoms with E-state index < -0.39 is 5.60 Å². The van der Waals surface area contributed by atoms with Crippen LogP contribution in [0.2, 0.25) is 0 Å². The Morgan fingerprint density at radius 3 is 2.56 bits per heavy atom. The van der Waals surface area contributed by atoms with Gasteiger partial charge in [-0.05, 0) is 44.5 Å². The quantitative estimate of drug-likeness (QED) is 0.833. The number of carbonyl (C=O) groups excluding carboxylic acids is 1. The van der Waals surface area contributed by atoms with E-state index in [-0.39, 0.29) is 17.6 Å². The topological polar surface area (TPSA) is 40.5 Å². The van der Waals surface area contributed by atoms with Gasteiger partial charge in [-0.15, -0.1) is 0 Å². The summed E-state index contributed by atoms with van der Waals surface area (Å²) in [5.41, 5.74) is -0.201. The zero-order valence-corrected chi connectivity index (χ0v) is 10.7. The Bertz CT molecular complexity index is 442. The fourth-order valence-electron chi connectivity index (χ4n) is 2.33. The summed E-state index contributed by atoms with van der Waals surface area (Å²) in [7, 11) is 0. The minimum Gasteiger partial charge on any atom is -0.389 e. The Morgan fingerprint density at radius 1 is 1.44 bits per heavy atom. The van der Waals surface area contributed by atoms with Crippen LogP contribution >= 0.6 is 0 Å². The molecule has 2 rings (SSSR count). The number of aliphatic hydroxyl groups is 1. The SMILES string of the molecule is CC(C(=O)c1ccc(F)cc1)N1CCC(C)(O)C1. The van der Waals surface area contributed by atoms with Gasteiger partial charge in [-0.3, -0.25) is 9.69 Å². The normalized spacial score (nSPS) is 26.2. The summed E-state index contributed by atoms with van der Waals surface area (Å²) in [6.07, 6.45) is 0.675. The molecule has 0 bridgehead atoms. The van der Waals surface area contributed by atoms with Crippen LogP contribution in [-0.2, 0) is 0 Å². The van der Waals surface area contributed by atoms with Crippen molar-refractivity contribution in [2.45, 2.75) is 31.9 Å². The molecule has 1 heterocycles. The minimum absolute atomic E-state index is 0.0345. The number of benzene rings is 1. The highest BCUT2D eigenvalue weighted by Crippen LogP contribution is 2.23. The van der Waals surface area contributed by atoms with Crippen molar-refractivity contribution in [3.63, 3.8) is 0 Å². The number of Topliss-reactive ketones (excluding diaryl/α,β-unsaturated/α-hetero) is 1. The van der Waals surface area contributed by atoms with Crippen LogP contribution < -0.4 is 0 Å². The van der Waals surface area contributed by atoms with E-state index in [4.69, 9.17) is 0 Å². The molecular formula is C14H18FNO2. The maximum absolute atomic E-state index is 12.8. The average Bonchev–Trinajstić information content (AvgIpc) is 2.69. The molecule has 0 spiro atoms. The lowest BCUT2D eigenvalue weighted by Crippen LogP contribution is -2.40. The maximum atomic E-state index is 12.8. The van der Waals surface area contributed by atoms with Gasteiger partial charge in [0.25, 0.3) is 0 Å². The highest BCUT2D eigenvalue weighted by atomic mass is 19.1. The van der Waals surface area contributed by atoms with Crippen molar-refractivity contribution >= 4 is 5.78 Å². The van der Waals surface area contributed by atoms with E-state index in [9.17, 15) is 14.3 Å². The molecule has 3 nitrogen and oxygen atoms in total. The van der Waals surface area contributed by atoms with Gasteiger partial charge in [0.2, 0.25) is 0 Å². The molecule has 0 aromatic heterocycles. The monoisotopic (exact) mass is 251 g/mol. The molecule has 1 aliphatic heterocycles. The third kappa shape index (κ3) is 2.76. The van der Waals surface area contributed by atoms with E-state index in [1.807, 2.05) is 11.8 Å². The van der Waals surface area contributed by atoms with Gasteiger partial charge in [-0.2, -0.15) is 0 Å². The first-order valence-corrected chi connectivity index (χ1v) is 6.15. The number of β-amino-alcohol motifs (C(OH)–C–C–N with tert-alkyl or cyclic N) is 1. The zero-order chi connectivity index (χ0) is 13.3. The fraction of sp³-hybridized carbons (Fsp3) is 0.500. The summed E-state index contributed by atoms with van der Waals surface area (Å²) < 4.78 is 12.8. The van der Waals surface area contributed by atoms with Gasteiger partial charge < -0.3 is 5.11 Å². The minimum atomic E-state index is -0.711. The third-order valence-corrected chi connectivity index (χ3v) is 3.54. The lowest BCUT2D eigenvalue weighted by atomic mass is 10.0. The van der Waals surface area contributed by atoms with Crippen LogP contribution in [0.1, 0.15) is 30.6 Å². The van der Waals surface area contributed by atoms with Crippen LogP contribution in [0.15, 0.2) is 24.3 Å². The average molecular weight is 251 g/mol. The van der Waals surface area contributed by atoms with Gasteiger partial charge in [0.05, 0.1) is 11.6 Å². The van der Waals surface area contributed by atoms with Crippen molar-refractivity contribution in [2.75, 3.05) is 13.1 Å². The molecule has 4 heteroatoms. The second kappa shape index (κ2) is 4.78. The molecule has 1 aromatic rings. The molecule has 2 atom stereocenters. The molecule has 0 radical (unpaired) electrons. The molecular weight excluding hydrogens is 233 g/mol. The van der Waals surface area contributed by atoms with Crippen molar-refractivity contribution in [1.29, 1.82) is 0 Å². The van der Waals surface area contributed by atoms with Crippen molar-refractivity contribution in [2.24, 2.45) is 0 Å². The van der Waals surface area contributed by atoms with Crippen molar-refractivity contribution in [3.8, 4) is 0 Å². The van der Waals surface area contributed by atoms with Crippen molar-refractivity contribution in [1.82, 2.24) is 4.90 Å². The molecule has 1 fully saturated rings. The highest BCUT2D eigenvalue weighted by molar-refractivity contribution is 5.99. The molecule has 1 saturated heterocycles. The molecule has 0 aliphatic carbocycles. The van der Waals surface area contributed by atoms with Gasteiger partial charge in [0.1, 0.15) is 5.82 Å². The Balaban J connectivity index is 2.07. The summed E-state index contributed by atoms with van der Waals surface area (Å²) in [4.78, 5) is 14.2. The van der Waals surface area contributed by atoms with Crippen molar-refractivity contribution < 1.29 is 14.3 Å². The number of nitrogens with zero attached hydrogens (tertiary/aromatic N) is 1. The molecule has 18 heavy (non-hydrogen) atoms. The fourth-order valence-corrected chi connectivity index (χ4v) is 2.33. The predicted molar refractivity (Wildman–Crippen MR) is 67.0 cm³/mol. The van der Waals surface area contributed by atoms with Crippen LogP contribution in [-0.4, -0.2) is 40.5 Å². The van der Waals surface area contributed by atoms with Crippen LogP contribution in [0.5, 0.6) is 0 Å². The van der Waals surface area contributed by atoms with E-state index in [2.05, 4.69) is 0 Å². The van der Waals surface area contributed by atoms with E-state index in [1.54, 1.807) is 6.92 Å². The first-order valence-electron chi connectivity index (χ1n) is 6.15. The van der Waals surface area contributed by atoms with Gasteiger partial charge in [-0.25, -0.2) is 4.39 Å². The van der Waals surface area contributed by atoms with Gasteiger partial charge >= 0.3 is 0 Å². The molecule has 1 N–H and O–H groups in total. The zero-order valence-electron chi connectivity index (χ0n) is 10.7. The smallest absolute Gasteiger partial charge is 0.179 e. The Labute approximate surface area is 106 Å². The number of ketones is 1. The molecule has 0 amide bonds. The molecule has 98 valence electrons. The Kier molecular flexibility index (Phi) is 3.50. The molecule has 1 aromatic carbocycles. The molecule has 1 aliphatic rings. The number of hydrogen-bond acceptors (Lipinski definition) is 3. The number of likely N-dealkylation sites (tertiary alicyclic amines) is 1. The van der Waals surface area contributed by atoms with Crippen molar-refractivity contribution in [3.05, 3.63) is 35.6 Å². The second-order valence-electron chi connectivity index (χ2n) is 5.26. The molecule has 2 unspecified atom stereocenters. The van der Waals surface area contributed by atoms with Crippen LogP contribution in [0.3, 0.4) is 0 Å². The second-order valence-corrected chi connectivity index (χ2v) is 5.26. The molecule has 0 saturated carbocycles. The maximum Gasteiger partial charge on any atom is 0.179 e. The van der Waals surface area contributed by atoms with Crippen LogP contribution in [0.25, 0.3) is 0 Å². The van der Waals surface area contributed by atoms with Gasteiger partial charge in [-0.1, -0.05) is 0 Å². The summed E-state index contributed by atoms with van der Waals surface area (Å²) in [6, 6.07) is 5.30. The number of rotatable bonds is 3. The summed E-state index contributed by atoms with van der Waals surface area (Å²) in [5, 5.41) is 9.90. The number of hydrogen-bond donors (Lipinski definition) is 1. The summed E-state index contributed by atoms with van der Waals surface area (Å²) in [5.74, 6) is -0.379. The third-order valence-electron chi connectivity index (χ3n) is 3.54. The largest absolute Gasteiger partial charge is 0.389 e. The van der Waals surface area contributed by atoms with Gasteiger partial charge in [0.15, 0.2) is 5.78 Å². The van der Waals surface area contributed by atoms with E-state index in [1.165, 1.54) is 24.3 Å². The van der Waals surface area contributed by atoms with Gasteiger partial charge in [0, 0.05) is 18.7 Å². The Morgan fingerprint density at radius 2 is 2.06 bits per heavy atom. The lowest BCUT2D eigenvalue weighted by Gasteiger charge is -2.24. The number of halogens is 1. The first kappa shape index (κ1) is 13.2. The van der Waals surface area contributed by atoms with Crippen LogP contribution in [0.4, 0.5) is 4.39 Å². The van der Waals surface area contributed by atoms with Crippen LogP contribution in [0, 0.1) is 5.82 Å². The Hall–Kier alpha value is -1.26. The highest BCUT2D eigenvalue weighted by Gasteiger charge is 2.35.